The molecule has 5 nitrogen and oxygen atoms in total. The molecule has 1 aromatic rings. The molecule has 0 aromatic heterocycles. The number of amides is 1. The van der Waals surface area contributed by atoms with Crippen LogP contribution in [0.4, 0.5) is 5.69 Å². The maximum Gasteiger partial charge on any atom is 0.243 e. The van der Waals surface area contributed by atoms with Crippen LogP contribution in [0.5, 0.6) is 0 Å². The fourth-order valence-corrected chi connectivity index (χ4v) is 3.80. The van der Waals surface area contributed by atoms with Gasteiger partial charge in [-0.05, 0) is 36.6 Å². The highest BCUT2D eigenvalue weighted by Gasteiger charge is 2.39. The molecule has 0 bridgehead atoms. The van der Waals surface area contributed by atoms with Gasteiger partial charge in [-0.25, -0.2) is 8.42 Å². The van der Waals surface area contributed by atoms with Gasteiger partial charge in [0.05, 0.1) is 4.90 Å². The second-order valence-corrected chi connectivity index (χ2v) is 7.36. The molecule has 0 aliphatic heterocycles. The monoisotopic (exact) mass is 310 g/mol. The van der Waals surface area contributed by atoms with Gasteiger partial charge in [0.2, 0.25) is 15.9 Å². The van der Waals surface area contributed by atoms with Gasteiger partial charge in [-0.3, -0.25) is 4.79 Å². The molecule has 1 amide bonds. The highest BCUT2D eigenvalue weighted by atomic mass is 32.2. The minimum atomic E-state index is -3.44. The van der Waals surface area contributed by atoms with Crippen LogP contribution in [0.2, 0.25) is 0 Å². The molecule has 1 N–H and O–H groups in total. The lowest BCUT2D eigenvalue weighted by Gasteiger charge is -2.18. The first-order valence-corrected chi connectivity index (χ1v) is 8.75. The third kappa shape index (κ3) is 3.44. The molecule has 116 valence electrons. The van der Waals surface area contributed by atoms with Crippen molar-refractivity contribution in [2.75, 3.05) is 18.4 Å². The molecule has 0 unspecified atom stereocenters. The van der Waals surface area contributed by atoms with Crippen LogP contribution in [-0.4, -0.2) is 31.7 Å². The van der Waals surface area contributed by atoms with Gasteiger partial charge in [0.25, 0.3) is 0 Å². The fraction of sp³-hybridized carbons (Fsp3) is 0.533. The number of hydrogen-bond acceptors (Lipinski definition) is 3. The summed E-state index contributed by atoms with van der Waals surface area (Å²) < 4.78 is 26.1. The third-order valence-corrected chi connectivity index (χ3v) is 5.98. The van der Waals surface area contributed by atoms with Crippen LogP contribution < -0.4 is 5.32 Å². The van der Waals surface area contributed by atoms with E-state index in [-0.39, 0.29) is 16.7 Å². The number of sulfonamides is 1. The van der Waals surface area contributed by atoms with E-state index < -0.39 is 10.0 Å². The molecule has 1 saturated carbocycles. The lowest BCUT2D eigenvalue weighted by molar-refractivity contribution is -0.117. The van der Waals surface area contributed by atoms with E-state index in [1.807, 2.05) is 20.8 Å². The normalized spacial score (nSPS) is 21.3. The Morgan fingerprint density at radius 2 is 1.76 bits per heavy atom. The number of hydrogen-bond donors (Lipinski definition) is 1. The Balaban J connectivity index is 2.10. The zero-order valence-electron chi connectivity index (χ0n) is 12.7. The third-order valence-electron chi connectivity index (χ3n) is 3.91. The van der Waals surface area contributed by atoms with Gasteiger partial charge in [-0.2, -0.15) is 4.31 Å². The van der Waals surface area contributed by atoms with Crippen molar-refractivity contribution in [1.29, 1.82) is 0 Å². The van der Waals surface area contributed by atoms with E-state index in [1.54, 1.807) is 24.3 Å². The van der Waals surface area contributed by atoms with Crippen LogP contribution in [0.25, 0.3) is 0 Å². The van der Waals surface area contributed by atoms with Crippen molar-refractivity contribution in [1.82, 2.24) is 4.31 Å². The van der Waals surface area contributed by atoms with E-state index in [0.717, 1.165) is 6.42 Å². The molecule has 0 spiro atoms. The number of nitrogens with one attached hydrogen (secondary N) is 1. The lowest BCUT2D eigenvalue weighted by Crippen LogP contribution is -2.30. The van der Waals surface area contributed by atoms with Crippen molar-refractivity contribution in [2.45, 2.75) is 32.1 Å². The first-order chi connectivity index (χ1) is 9.90. The minimum absolute atomic E-state index is 0.0156. The molecule has 1 aliphatic rings. The van der Waals surface area contributed by atoms with Gasteiger partial charge < -0.3 is 5.32 Å². The predicted molar refractivity (Wildman–Crippen MR) is 82.4 cm³/mol. The first-order valence-electron chi connectivity index (χ1n) is 7.31. The summed E-state index contributed by atoms with van der Waals surface area (Å²) in [5.74, 6) is 0.568. The molecule has 0 heterocycles. The van der Waals surface area contributed by atoms with Gasteiger partial charge in [0, 0.05) is 24.7 Å². The predicted octanol–water partition coefficient (Wildman–Crippen LogP) is 2.31. The van der Waals surface area contributed by atoms with Crippen molar-refractivity contribution in [3.8, 4) is 0 Å². The number of nitrogens with zero attached hydrogens (tertiary/aromatic N) is 1. The highest BCUT2D eigenvalue weighted by Crippen LogP contribution is 2.38. The first kappa shape index (κ1) is 16.0. The molecule has 6 heteroatoms. The van der Waals surface area contributed by atoms with Crippen LogP contribution >= 0.6 is 0 Å². The van der Waals surface area contributed by atoms with Gasteiger partial charge in [-0.1, -0.05) is 20.8 Å². The summed E-state index contributed by atoms with van der Waals surface area (Å²) in [6.07, 6.45) is 0.931. The second-order valence-electron chi connectivity index (χ2n) is 5.42. The molecule has 2 rings (SSSR count). The quantitative estimate of drug-likeness (QED) is 0.877. The zero-order valence-corrected chi connectivity index (χ0v) is 13.5. The summed E-state index contributed by atoms with van der Waals surface area (Å²) in [5, 5.41) is 2.82. The summed E-state index contributed by atoms with van der Waals surface area (Å²) in [6.45, 7) is 6.55. The van der Waals surface area contributed by atoms with Gasteiger partial charge in [-0.15, -0.1) is 0 Å². The molecule has 0 saturated heterocycles. The van der Waals surface area contributed by atoms with E-state index in [1.165, 1.54) is 4.31 Å². The van der Waals surface area contributed by atoms with Crippen molar-refractivity contribution in [3.05, 3.63) is 24.3 Å². The van der Waals surface area contributed by atoms with E-state index >= 15 is 0 Å². The smallest absolute Gasteiger partial charge is 0.243 e. The summed E-state index contributed by atoms with van der Waals surface area (Å²) in [6, 6.07) is 6.36. The Kier molecular flexibility index (Phi) is 4.68. The van der Waals surface area contributed by atoms with Gasteiger partial charge >= 0.3 is 0 Å². The molecule has 21 heavy (non-hydrogen) atoms. The van der Waals surface area contributed by atoms with Crippen LogP contribution in [0, 0.1) is 11.8 Å². The Labute approximate surface area is 126 Å². The Morgan fingerprint density at radius 3 is 2.19 bits per heavy atom. The number of rotatable bonds is 6. The fourth-order valence-electron chi connectivity index (χ4n) is 2.35. The minimum Gasteiger partial charge on any atom is -0.326 e. The molecule has 2 atom stereocenters. The van der Waals surface area contributed by atoms with E-state index in [2.05, 4.69) is 5.32 Å². The largest absolute Gasteiger partial charge is 0.326 e. The molecular formula is C15H22N2O3S. The number of carbonyl (C=O) groups excluding carboxylic acids is 1. The van der Waals surface area contributed by atoms with Crippen LogP contribution in [0.3, 0.4) is 0 Å². The van der Waals surface area contributed by atoms with Crippen molar-refractivity contribution >= 4 is 21.6 Å². The molecule has 1 aromatic carbocycles. The number of carbonyl (C=O) groups is 1. The summed E-state index contributed by atoms with van der Waals surface area (Å²) in [4.78, 5) is 12.1. The summed E-state index contributed by atoms with van der Waals surface area (Å²) >= 11 is 0. The van der Waals surface area contributed by atoms with Crippen molar-refractivity contribution < 1.29 is 13.2 Å². The second kappa shape index (κ2) is 6.15. The van der Waals surface area contributed by atoms with Gasteiger partial charge in [0.1, 0.15) is 0 Å². The van der Waals surface area contributed by atoms with Crippen LogP contribution in [-0.2, 0) is 14.8 Å². The molecular weight excluding hydrogens is 288 g/mol. The van der Waals surface area contributed by atoms with E-state index in [4.69, 9.17) is 0 Å². The van der Waals surface area contributed by atoms with Crippen LogP contribution in [0.15, 0.2) is 29.2 Å². The average molecular weight is 310 g/mol. The SMILES string of the molecule is CCN(CC)S(=O)(=O)c1ccc(NC(=O)[C@H]2C[C@H]2C)cc1. The number of benzene rings is 1. The summed E-state index contributed by atoms with van der Waals surface area (Å²) in [5.41, 5.74) is 0.637. The average Bonchev–Trinajstić information content (AvgIpc) is 3.18. The Hall–Kier alpha value is -1.40. The molecule has 1 fully saturated rings. The van der Waals surface area contributed by atoms with Crippen molar-refractivity contribution in [3.63, 3.8) is 0 Å². The van der Waals surface area contributed by atoms with Crippen molar-refractivity contribution in [2.24, 2.45) is 11.8 Å². The maximum absolute atomic E-state index is 12.3. The Bertz CT molecular complexity index is 606. The molecule has 1 aliphatic carbocycles. The van der Waals surface area contributed by atoms with Gasteiger partial charge in [0.15, 0.2) is 0 Å². The number of anilines is 1. The van der Waals surface area contributed by atoms with Crippen LogP contribution in [0.1, 0.15) is 27.2 Å². The maximum atomic E-state index is 12.3. The van der Waals surface area contributed by atoms with E-state index in [0.29, 0.717) is 24.7 Å². The topological polar surface area (TPSA) is 66.5 Å². The zero-order chi connectivity index (χ0) is 15.6. The lowest BCUT2D eigenvalue weighted by atomic mass is 10.3. The molecule has 0 radical (unpaired) electrons. The standard InChI is InChI=1S/C15H22N2O3S/c1-4-17(5-2)21(19,20)13-8-6-12(7-9-13)16-15(18)14-10-11(14)3/h6-9,11,14H,4-5,10H2,1-3H3,(H,16,18)/t11-,14+/m1/s1. The highest BCUT2D eigenvalue weighted by molar-refractivity contribution is 7.89. The Morgan fingerprint density at radius 1 is 1.24 bits per heavy atom. The van der Waals surface area contributed by atoms with E-state index in [9.17, 15) is 13.2 Å². The summed E-state index contributed by atoms with van der Waals surface area (Å²) in [7, 11) is -3.44.